The van der Waals surface area contributed by atoms with Gasteiger partial charge in [0.05, 0.1) is 0 Å². The molecule has 3 unspecified atom stereocenters. The van der Waals surface area contributed by atoms with Crippen LogP contribution in [0.3, 0.4) is 0 Å². The number of carbonyl (C=O) groups is 1. The van der Waals surface area contributed by atoms with Gasteiger partial charge in [-0.15, -0.1) is 0 Å². The monoisotopic (exact) mass is 272 g/mol. The highest BCUT2D eigenvalue weighted by Crippen LogP contribution is 2.59. The lowest BCUT2D eigenvalue weighted by Gasteiger charge is -2.13. The van der Waals surface area contributed by atoms with Crippen LogP contribution in [-0.2, 0) is 11.2 Å². The fraction of sp³-hybridized carbons (Fsp3) is 0.588. The van der Waals surface area contributed by atoms with Crippen LogP contribution in [0.15, 0.2) is 24.3 Å². The lowest BCUT2D eigenvalue weighted by Crippen LogP contribution is -2.27. The van der Waals surface area contributed by atoms with E-state index in [1.54, 1.807) is 0 Å². The summed E-state index contributed by atoms with van der Waals surface area (Å²) in [4.78, 5) is 12.3. The van der Waals surface area contributed by atoms with Crippen molar-refractivity contribution in [3.05, 3.63) is 35.4 Å². The molecular formula is C17H24N2O. The second kappa shape index (κ2) is 5.96. The van der Waals surface area contributed by atoms with Gasteiger partial charge in [0.2, 0.25) is 5.91 Å². The number of fused-ring (bicyclic) bond motifs is 3. The zero-order valence-electron chi connectivity index (χ0n) is 12.0. The molecule has 0 spiro atoms. The standard InChI is InChI=1S/C17H24N2O/c18-10-4-1-5-11-19-17(20)16-14-9-8-12-6-2-3-7-13(12)15(14)16/h2-3,6-7,14-16H,1,4-5,8-11,18H2,(H,19,20). The van der Waals surface area contributed by atoms with E-state index in [0.717, 1.165) is 38.8 Å². The molecule has 0 aliphatic heterocycles. The van der Waals surface area contributed by atoms with Crippen molar-refractivity contribution in [2.75, 3.05) is 13.1 Å². The molecule has 0 bridgehead atoms. The number of amides is 1. The molecule has 3 heteroatoms. The third kappa shape index (κ3) is 2.59. The Morgan fingerprint density at radius 1 is 1.25 bits per heavy atom. The van der Waals surface area contributed by atoms with Crippen molar-refractivity contribution in [2.45, 2.75) is 38.0 Å². The smallest absolute Gasteiger partial charge is 0.224 e. The topological polar surface area (TPSA) is 55.1 Å². The first-order valence-electron chi connectivity index (χ1n) is 7.88. The van der Waals surface area contributed by atoms with Crippen LogP contribution in [-0.4, -0.2) is 19.0 Å². The van der Waals surface area contributed by atoms with Gasteiger partial charge in [0.1, 0.15) is 0 Å². The van der Waals surface area contributed by atoms with Crippen molar-refractivity contribution >= 4 is 5.91 Å². The Labute approximate surface area is 120 Å². The molecular weight excluding hydrogens is 248 g/mol. The molecule has 108 valence electrons. The van der Waals surface area contributed by atoms with Gasteiger partial charge in [-0.2, -0.15) is 0 Å². The minimum Gasteiger partial charge on any atom is -0.356 e. The van der Waals surface area contributed by atoms with Crippen LogP contribution in [0.5, 0.6) is 0 Å². The summed E-state index contributed by atoms with van der Waals surface area (Å²) in [5, 5.41) is 3.11. The van der Waals surface area contributed by atoms with Gasteiger partial charge in [0, 0.05) is 12.5 Å². The molecule has 1 fully saturated rings. The molecule has 1 saturated carbocycles. The first kappa shape index (κ1) is 13.6. The minimum atomic E-state index is 0.230. The lowest BCUT2D eigenvalue weighted by atomic mass is 9.92. The molecule has 0 heterocycles. The summed E-state index contributed by atoms with van der Waals surface area (Å²) in [5.41, 5.74) is 8.34. The molecule has 2 aliphatic rings. The minimum absolute atomic E-state index is 0.230. The summed E-state index contributed by atoms with van der Waals surface area (Å²) in [6.07, 6.45) is 5.52. The van der Waals surface area contributed by atoms with Crippen molar-refractivity contribution in [1.82, 2.24) is 5.32 Å². The van der Waals surface area contributed by atoms with E-state index in [0.29, 0.717) is 11.8 Å². The predicted octanol–water partition coefficient (Wildman–Crippen LogP) is 2.21. The van der Waals surface area contributed by atoms with Gasteiger partial charge in [-0.25, -0.2) is 0 Å². The molecule has 0 aromatic heterocycles. The quantitative estimate of drug-likeness (QED) is 0.780. The first-order valence-corrected chi connectivity index (χ1v) is 7.88. The molecule has 3 N–H and O–H groups in total. The van der Waals surface area contributed by atoms with E-state index in [1.807, 2.05) is 0 Å². The molecule has 3 atom stereocenters. The maximum Gasteiger partial charge on any atom is 0.224 e. The molecule has 3 rings (SSSR count). The highest BCUT2D eigenvalue weighted by molar-refractivity contribution is 5.84. The number of unbranched alkanes of at least 4 members (excludes halogenated alkanes) is 2. The van der Waals surface area contributed by atoms with Crippen LogP contribution < -0.4 is 11.1 Å². The van der Waals surface area contributed by atoms with Gasteiger partial charge in [0.15, 0.2) is 0 Å². The predicted molar refractivity (Wildman–Crippen MR) is 80.4 cm³/mol. The second-order valence-corrected chi connectivity index (χ2v) is 6.09. The van der Waals surface area contributed by atoms with Gasteiger partial charge in [-0.1, -0.05) is 30.7 Å². The number of benzene rings is 1. The normalized spacial score (nSPS) is 26.6. The van der Waals surface area contributed by atoms with Crippen LogP contribution in [0.4, 0.5) is 0 Å². The highest BCUT2D eigenvalue weighted by Gasteiger charge is 2.56. The maximum absolute atomic E-state index is 12.3. The summed E-state index contributed by atoms with van der Waals surface area (Å²) < 4.78 is 0. The average molecular weight is 272 g/mol. The molecule has 1 aromatic carbocycles. The van der Waals surface area contributed by atoms with Crippen molar-refractivity contribution < 1.29 is 4.79 Å². The van der Waals surface area contributed by atoms with Crippen molar-refractivity contribution in [2.24, 2.45) is 17.6 Å². The Bertz CT molecular complexity index is 486. The van der Waals surface area contributed by atoms with Gasteiger partial charge in [-0.05, 0) is 55.2 Å². The largest absolute Gasteiger partial charge is 0.356 e. The Balaban J connectivity index is 1.52. The maximum atomic E-state index is 12.3. The second-order valence-electron chi connectivity index (χ2n) is 6.09. The molecule has 20 heavy (non-hydrogen) atoms. The van der Waals surface area contributed by atoms with E-state index < -0.39 is 0 Å². The summed E-state index contributed by atoms with van der Waals surface area (Å²) in [6.45, 7) is 1.55. The fourth-order valence-corrected chi connectivity index (χ4v) is 3.70. The van der Waals surface area contributed by atoms with Gasteiger partial charge >= 0.3 is 0 Å². The first-order chi connectivity index (χ1) is 9.83. The number of hydrogen-bond donors (Lipinski definition) is 2. The molecule has 0 saturated heterocycles. The van der Waals surface area contributed by atoms with Crippen molar-refractivity contribution in [3.63, 3.8) is 0 Å². The Hall–Kier alpha value is -1.35. The van der Waals surface area contributed by atoms with Crippen LogP contribution >= 0.6 is 0 Å². The number of hydrogen-bond acceptors (Lipinski definition) is 2. The summed E-state index contributed by atoms with van der Waals surface area (Å²) in [6, 6.07) is 8.63. The Morgan fingerprint density at radius 2 is 2.10 bits per heavy atom. The van der Waals surface area contributed by atoms with Gasteiger partial charge in [-0.3, -0.25) is 4.79 Å². The third-order valence-corrected chi connectivity index (χ3v) is 4.81. The van der Waals surface area contributed by atoms with Crippen LogP contribution in [0.2, 0.25) is 0 Å². The number of rotatable bonds is 6. The number of aryl methyl sites for hydroxylation is 1. The number of carbonyl (C=O) groups excluding carboxylic acids is 1. The third-order valence-electron chi connectivity index (χ3n) is 4.81. The SMILES string of the molecule is NCCCCCNC(=O)C1C2CCc3ccccc3C21. The van der Waals surface area contributed by atoms with Crippen molar-refractivity contribution in [1.29, 1.82) is 0 Å². The molecule has 2 aliphatic carbocycles. The zero-order valence-corrected chi connectivity index (χ0v) is 12.0. The van der Waals surface area contributed by atoms with Crippen LogP contribution in [0.1, 0.15) is 42.7 Å². The summed E-state index contributed by atoms with van der Waals surface area (Å²) in [5.74, 6) is 1.58. The average Bonchev–Trinajstić information content (AvgIpc) is 3.22. The zero-order chi connectivity index (χ0) is 13.9. The molecule has 3 nitrogen and oxygen atoms in total. The number of nitrogens with two attached hydrogens (primary N) is 1. The van der Waals surface area contributed by atoms with E-state index in [9.17, 15) is 4.79 Å². The highest BCUT2D eigenvalue weighted by atomic mass is 16.2. The summed E-state index contributed by atoms with van der Waals surface area (Å²) in [7, 11) is 0. The molecule has 0 radical (unpaired) electrons. The number of nitrogens with one attached hydrogen (secondary N) is 1. The summed E-state index contributed by atoms with van der Waals surface area (Å²) >= 11 is 0. The van der Waals surface area contributed by atoms with Crippen LogP contribution in [0, 0.1) is 11.8 Å². The van der Waals surface area contributed by atoms with E-state index in [2.05, 4.69) is 29.6 Å². The van der Waals surface area contributed by atoms with Gasteiger partial charge < -0.3 is 11.1 Å². The van der Waals surface area contributed by atoms with Gasteiger partial charge in [0.25, 0.3) is 0 Å². The Kier molecular flexibility index (Phi) is 4.06. The lowest BCUT2D eigenvalue weighted by molar-refractivity contribution is -0.122. The van der Waals surface area contributed by atoms with E-state index in [-0.39, 0.29) is 11.8 Å². The Morgan fingerprint density at radius 3 is 2.95 bits per heavy atom. The van der Waals surface area contributed by atoms with E-state index in [4.69, 9.17) is 5.73 Å². The van der Waals surface area contributed by atoms with E-state index in [1.165, 1.54) is 17.5 Å². The fourth-order valence-electron chi connectivity index (χ4n) is 3.70. The van der Waals surface area contributed by atoms with E-state index >= 15 is 0 Å². The van der Waals surface area contributed by atoms with Crippen LogP contribution in [0.25, 0.3) is 0 Å². The van der Waals surface area contributed by atoms with Crippen molar-refractivity contribution in [3.8, 4) is 0 Å². The molecule has 1 amide bonds. The molecule has 1 aromatic rings.